The van der Waals surface area contributed by atoms with E-state index in [1.54, 1.807) is 12.0 Å². The van der Waals surface area contributed by atoms with Crippen LogP contribution in [-0.2, 0) is 29.0 Å². The molecule has 2 amide bonds. The van der Waals surface area contributed by atoms with Crippen LogP contribution in [-0.4, -0.2) is 46.7 Å². The molecule has 0 spiro atoms. The van der Waals surface area contributed by atoms with Gasteiger partial charge < -0.3 is 24.3 Å². The van der Waals surface area contributed by atoms with Crippen molar-refractivity contribution < 1.29 is 19.1 Å². The van der Waals surface area contributed by atoms with Crippen molar-refractivity contribution in [1.82, 2.24) is 14.5 Å². The van der Waals surface area contributed by atoms with Crippen LogP contribution in [0, 0.1) is 25.2 Å². The summed E-state index contributed by atoms with van der Waals surface area (Å²) in [5, 5.41) is 13.3. The lowest BCUT2D eigenvalue weighted by molar-refractivity contribution is -0.116. The van der Waals surface area contributed by atoms with Crippen LogP contribution in [0.25, 0.3) is 0 Å². The zero-order valence-corrected chi connectivity index (χ0v) is 22.4. The maximum absolute atomic E-state index is 12.9. The number of hydrogen-bond acceptors (Lipinski definition) is 7. The van der Waals surface area contributed by atoms with Crippen molar-refractivity contribution in [3.63, 3.8) is 0 Å². The van der Waals surface area contributed by atoms with Crippen molar-refractivity contribution in [2.24, 2.45) is 0 Å². The Bertz CT molecular complexity index is 1340. The van der Waals surface area contributed by atoms with Gasteiger partial charge in [0.1, 0.15) is 29.3 Å². The Balaban J connectivity index is 1.36. The van der Waals surface area contributed by atoms with E-state index in [9.17, 15) is 14.9 Å². The van der Waals surface area contributed by atoms with Gasteiger partial charge in [0.05, 0.1) is 31.5 Å². The number of para-hydroxylation sites is 1. The lowest BCUT2D eigenvalue weighted by atomic mass is 9.96. The maximum Gasteiger partial charge on any atom is 0.410 e. The number of nitrogens with zero attached hydrogens (tertiary/aromatic N) is 4. The molecule has 1 aliphatic heterocycles. The topological polar surface area (TPSA) is 109 Å². The second-order valence-corrected chi connectivity index (χ2v) is 10.2. The fraction of sp³-hybridized carbons (Fsp3) is 0.407. The van der Waals surface area contributed by atoms with Gasteiger partial charge in [-0.2, -0.15) is 5.26 Å². The molecule has 10 heteroatoms. The molecule has 0 saturated carbocycles. The van der Waals surface area contributed by atoms with Gasteiger partial charge in [-0.15, -0.1) is 11.3 Å². The quantitative estimate of drug-likeness (QED) is 0.457. The van der Waals surface area contributed by atoms with E-state index in [2.05, 4.69) is 16.4 Å². The van der Waals surface area contributed by atoms with Gasteiger partial charge >= 0.3 is 6.09 Å². The molecule has 0 fully saturated rings. The van der Waals surface area contributed by atoms with Crippen LogP contribution in [0.3, 0.4) is 0 Å². The first-order valence-corrected chi connectivity index (χ1v) is 13.0. The van der Waals surface area contributed by atoms with E-state index in [-0.39, 0.29) is 30.9 Å². The Morgan fingerprint density at radius 2 is 2.08 bits per heavy atom. The summed E-state index contributed by atoms with van der Waals surface area (Å²) in [5.41, 5.74) is 3.26. The molecule has 37 heavy (non-hydrogen) atoms. The van der Waals surface area contributed by atoms with Crippen LogP contribution in [0.4, 0.5) is 9.80 Å². The number of nitrogens with one attached hydrogen (secondary N) is 1. The first-order valence-electron chi connectivity index (χ1n) is 12.2. The molecule has 194 valence electrons. The smallest absolute Gasteiger partial charge is 0.410 e. The number of imidazole rings is 1. The molecule has 1 aliphatic rings. The number of benzene rings is 1. The van der Waals surface area contributed by atoms with Gasteiger partial charge in [-0.25, -0.2) is 9.78 Å². The molecule has 2 aromatic heterocycles. The van der Waals surface area contributed by atoms with E-state index >= 15 is 0 Å². The van der Waals surface area contributed by atoms with E-state index in [4.69, 9.17) is 9.47 Å². The summed E-state index contributed by atoms with van der Waals surface area (Å²) in [4.78, 5) is 32.4. The van der Waals surface area contributed by atoms with E-state index in [0.29, 0.717) is 36.6 Å². The Morgan fingerprint density at radius 1 is 1.30 bits per heavy atom. The number of nitriles is 1. The summed E-state index contributed by atoms with van der Waals surface area (Å²) in [5.74, 6) is 1.39. The van der Waals surface area contributed by atoms with Crippen molar-refractivity contribution in [3.8, 4) is 11.8 Å². The van der Waals surface area contributed by atoms with E-state index in [0.717, 1.165) is 33.3 Å². The van der Waals surface area contributed by atoms with Crippen molar-refractivity contribution in [1.29, 1.82) is 5.26 Å². The number of amides is 2. The minimum absolute atomic E-state index is 0.0587. The molecule has 1 atom stereocenters. The molecule has 0 bridgehead atoms. The highest BCUT2D eigenvalue weighted by molar-refractivity contribution is 7.16. The van der Waals surface area contributed by atoms with E-state index in [1.807, 2.05) is 55.8 Å². The molecule has 0 radical (unpaired) electrons. The van der Waals surface area contributed by atoms with Crippen molar-refractivity contribution in [3.05, 3.63) is 63.5 Å². The third-order valence-corrected chi connectivity index (χ3v) is 7.63. The molecule has 3 heterocycles. The molecule has 4 rings (SSSR count). The molecule has 9 nitrogen and oxygen atoms in total. The Kier molecular flexibility index (Phi) is 8.14. The standard InChI is InChI=1S/C27H31N5O4S/c1-17(20-7-5-6-8-23(20)35-4)13-25(33)30-26-22(14-28)21-9-10-32(16-24(21)37-26)27(34)36-12-11-31-15-18(2)29-19(31)3/h5-8,15,17H,9-13,16H2,1-4H3,(H,30,33). The van der Waals surface area contributed by atoms with E-state index < -0.39 is 0 Å². The van der Waals surface area contributed by atoms with Crippen molar-refractivity contribution in [2.45, 2.75) is 52.6 Å². The number of anilines is 1. The van der Waals surface area contributed by atoms with Gasteiger partial charge in [-0.05, 0) is 43.4 Å². The first kappa shape index (κ1) is 26.2. The second-order valence-electron chi connectivity index (χ2n) is 9.12. The van der Waals surface area contributed by atoms with Crippen LogP contribution in [0.2, 0.25) is 0 Å². The lowest BCUT2D eigenvalue weighted by Crippen LogP contribution is -2.36. The molecule has 1 unspecified atom stereocenters. The highest BCUT2D eigenvalue weighted by atomic mass is 32.1. The Hall–Kier alpha value is -3.84. The summed E-state index contributed by atoms with van der Waals surface area (Å²) in [6.07, 6.45) is 2.33. The number of hydrogen-bond donors (Lipinski definition) is 1. The van der Waals surface area contributed by atoms with Crippen LogP contribution < -0.4 is 10.1 Å². The molecular formula is C27H31N5O4S. The molecule has 0 saturated heterocycles. The number of fused-ring (bicyclic) bond motifs is 1. The fourth-order valence-corrected chi connectivity index (χ4v) is 5.85. The molecule has 1 aromatic carbocycles. The molecule has 0 aliphatic carbocycles. The van der Waals surface area contributed by atoms with Gasteiger partial charge in [0, 0.05) is 24.0 Å². The number of rotatable bonds is 8. The summed E-state index contributed by atoms with van der Waals surface area (Å²) < 4.78 is 12.9. The number of carbonyl (C=O) groups is 2. The van der Waals surface area contributed by atoms with Crippen LogP contribution in [0.5, 0.6) is 5.75 Å². The SMILES string of the molecule is COc1ccccc1C(C)CC(=O)Nc1sc2c(c1C#N)CCN(C(=O)OCCn1cc(C)nc1C)C2. The monoisotopic (exact) mass is 521 g/mol. The second kappa shape index (κ2) is 11.5. The van der Waals surface area contributed by atoms with Gasteiger partial charge in [0.15, 0.2) is 0 Å². The number of carbonyl (C=O) groups excluding carboxylic acids is 2. The Labute approximate surface area is 220 Å². The van der Waals surface area contributed by atoms with Gasteiger partial charge in [-0.3, -0.25) is 4.79 Å². The lowest BCUT2D eigenvalue weighted by Gasteiger charge is -2.26. The Morgan fingerprint density at radius 3 is 2.78 bits per heavy atom. The van der Waals surface area contributed by atoms with Gasteiger partial charge in [0.2, 0.25) is 5.91 Å². The average Bonchev–Trinajstić information content (AvgIpc) is 3.40. The van der Waals surface area contributed by atoms with Gasteiger partial charge in [-0.1, -0.05) is 25.1 Å². The third kappa shape index (κ3) is 5.94. The maximum atomic E-state index is 12.9. The minimum atomic E-state index is -0.386. The number of aryl methyl sites for hydroxylation is 2. The predicted octanol–water partition coefficient (Wildman–Crippen LogP) is 4.77. The number of ether oxygens (including phenoxy) is 2. The zero-order valence-electron chi connectivity index (χ0n) is 21.5. The summed E-state index contributed by atoms with van der Waals surface area (Å²) in [6, 6.07) is 9.89. The normalized spacial score (nSPS) is 13.4. The minimum Gasteiger partial charge on any atom is -0.496 e. The fourth-order valence-electron chi connectivity index (χ4n) is 4.62. The molecular weight excluding hydrogens is 490 g/mol. The molecule has 1 N–H and O–H groups in total. The zero-order chi connectivity index (χ0) is 26.5. The highest BCUT2D eigenvalue weighted by Gasteiger charge is 2.28. The van der Waals surface area contributed by atoms with Crippen LogP contribution in [0.15, 0.2) is 30.5 Å². The number of aromatic nitrogens is 2. The predicted molar refractivity (Wildman–Crippen MR) is 141 cm³/mol. The van der Waals surface area contributed by atoms with Crippen molar-refractivity contribution >= 4 is 28.3 Å². The number of thiophene rings is 1. The van der Waals surface area contributed by atoms with Crippen LogP contribution >= 0.6 is 11.3 Å². The third-order valence-electron chi connectivity index (χ3n) is 6.50. The summed E-state index contributed by atoms with van der Waals surface area (Å²) >= 11 is 1.35. The average molecular weight is 522 g/mol. The largest absolute Gasteiger partial charge is 0.496 e. The van der Waals surface area contributed by atoms with Gasteiger partial charge in [0.25, 0.3) is 0 Å². The number of methoxy groups -OCH3 is 1. The highest BCUT2D eigenvalue weighted by Crippen LogP contribution is 2.37. The first-order chi connectivity index (χ1) is 17.8. The summed E-state index contributed by atoms with van der Waals surface area (Å²) in [7, 11) is 1.61. The van der Waals surface area contributed by atoms with E-state index in [1.165, 1.54) is 11.3 Å². The van der Waals surface area contributed by atoms with Crippen LogP contribution in [0.1, 0.15) is 52.3 Å². The summed E-state index contributed by atoms with van der Waals surface area (Å²) in [6.45, 7) is 7.41. The van der Waals surface area contributed by atoms with Crippen molar-refractivity contribution in [2.75, 3.05) is 25.6 Å². The molecule has 3 aromatic rings.